The number of hydrogen-bond acceptors (Lipinski definition) is 8. The van der Waals surface area contributed by atoms with Crippen molar-refractivity contribution < 1.29 is 22.3 Å². The van der Waals surface area contributed by atoms with Gasteiger partial charge in [0.1, 0.15) is 6.10 Å². The van der Waals surface area contributed by atoms with Crippen LogP contribution in [0.1, 0.15) is 12.8 Å². The van der Waals surface area contributed by atoms with Crippen LogP contribution >= 0.6 is 0 Å². The van der Waals surface area contributed by atoms with E-state index in [1.165, 1.54) is 53.6 Å². The number of fused-ring (bicyclic) bond motifs is 1. The van der Waals surface area contributed by atoms with Gasteiger partial charge in [0.25, 0.3) is 0 Å². The molecule has 0 saturated carbocycles. The highest BCUT2D eigenvalue weighted by atomic mass is 32.2. The molecule has 11 heteroatoms. The Bertz CT molecular complexity index is 1200. The zero-order chi connectivity index (χ0) is 20.6. The first kappa shape index (κ1) is 19.4. The molecule has 3 aromatic rings. The number of aromatic nitrogens is 3. The van der Waals surface area contributed by atoms with E-state index in [4.69, 9.17) is 13.9 Å². The molecule has 2 aromatic heterocycles. The number of methoxy groups -OCH3 is 1. The number of aryl methyl sites for hydroxylation is 1. The molecule has 1 fully saturated rings. The SMILES string of the molecule is COc1cncc(OC2CCCN(S(=O)(=O)c3ccc4oc(=O)n(C)c4c3)C2)n1. The topological polar surface area (TPSA) is 117 Å². The van der Waals surface area contributed by atoms with Crippen LogP contribution in [0.2, 0.25) is 0 Å². The van der Waals surface area contributed by atoms with Crippen LogP contribution in [0, 0.1) is 0 Å². The summed E-state index contributed by atoms with van der Waals surface area (Å²) in [6, 6.07) is 4.39. The lowest BCUT2D eigenvalue weighted by Crippen LogP contribution is -2.44. The highest BCUT2D eigenvalue weighted by molar-refractivity contribution is 7.89. The summed E-state index contributed by atoms with van der Waals surface area (Å²) >= 11 is 0. The van der Waals surface area contributed by atoms with E-state index in [9.17, 15) is 13.2 Å². The minimum Gasteiger partial charge on any atom is -0.480 e. The average Bonchev–Trinajstić information content (AvgIpc) is 3.01. The number of nitrogens with zero attached hydrogens (tertiary/aromatic N) is 4. The fourth-order valence-corrected chi connectivity index (χ4v) is 4.82. The maximum absolute atomic E-state index is 13.2. The third kappa shape index (κ3) is 3.70. The van der Waals surface area contributed by atoms with Gasteiger partial charge in [-0.25, -0.2) is 13.2 Å². The van der Waals surface area contributed by atoms with E-state index >= 15 is 0 Å². The van der Waals surface area contributed by atoms with Crippen molar-refractivity contribution in [2.24, 2.45) is 7.05 Å². The van der Waals surface area contributed by atoms with Crippen molar-refractivity contribution in [3.63, 3.8) is 0 Å². The van der Waals surface area contributed by atoms with Crippen molar-refractivity contribution >= 4 is 21.1 Å². The predicted octanol–water partition coefficient (Wildman–Crippen LogP) is 1.16. The third-order valence-electron chi connectivity index (χ3n) is 4.83. The molecule has 0 radical (unpaired) electrons. The fourth-order valence-electron chi connectivity index (χ4n) is 3.29. The molecule has 1 aliphatic rings. The third-order valence-corrected chi connectivity index (χ3v) is 6.69. The smallest absolute Gasteiger partial charge is 0.419 e. The van der Waals surface area contributed by atoms with E-state index in [-0.39, 0.29) is 23.4 Å². The van der Waals surface area contributed by atoms with Gasteiger partial charge >= 0.3 is 5.76 Å². The Hall–Kier alpha value is -2.92. The Balaban J connectivity index is 1.56. The van der Waals surface area contributed by atoms with Crippen LogP contribution in [0.15, 0.2) is 44.7 Å². The Kier molecular flexibility index (Phi) is 5.01. The zero-order valence-electron chi connectivity index (χ0n) is 15.9. The lowest BCUT2D eigenvalue weighted by molar-refractivity contribution is 0.123. The summed E-state index contributed by atoms with van der Waals surface area (Å²) < 4.78 is 44.9. The molecule has 0 aliphatic carbocycles. The number of hydrogen-bond donors (Lipinski definition) is 0. The van der Waals surface area contributed by atoms with Gasteiger partial charge in [-0.3, -0.25) is 9.55 Å². The number of piperidine rings is 1. The summed E-state index contributed by atoms with van der Waals surface area (Å²) in [6.07, 6.45) is 3.91. The predicted molar refractivity (Wildman–Crippen MR) is 102 cm³/mol. The molecule has 0 spiro atoms. The number of sulfonamides is 1. The van der Waals surface area contributed by atoms with Gasteiger partial charge in [0.15, 0.2) is 5.58 Å². The Morgan fingerprint density at radius 2 is 2.03 bits per heavy atom. The first-order valence-electron chi connectivity index (χ1n) is 9.01. The molecule has 154 valence electrons. The van der Waals surface area contributed by atoms with Gasteiger partial charge in [-0.05, 0) is 31.0 Å². The van der Waals surface area contributed by atoms with Gasteiger partial charge in [0.05, 0.1) is 36.5 Å². The van der Waals surface area contributed by atoms with E-state index < -0.39 is 15.8 Å². The van der Waals surface area contributed by atoms with Gasteiger partial charge in [-0.2, -0.15) is 9.29 Å². The number of oxazole rings is 1. The Morgan fingerprint density at radius 1 is 1.24 bits per heavy atom. The number of benzene rings is 1. The van der Waals surface area contributed by atoms with Gasteiger partial charge in [0.2, 0.25) is 21.8 Å². The zero-order valence-corrected chi connectivity index (χ0v) is 16.8. The molecule has 1 aromatic carbocycles. The highest BCUT2D eigenvalue weighted by Gasteiger charge is 2.32. The summed E-state index contributed by atoms with van der Waals surface area (Å²) in [4.78, 5) is 19.9. The first-order chi connectivity index (χ1) is 13.9. The second-order valence-electron chi connectivity index (χ2n) is 6.70. The quantitative estimate of drug-likeness (QED) is 0.604. The maximum Gasteiger partial charge on any atom is 0.419 e. The molecule has 10 nitrogen and oxygen atoms in total. The second kappa shape index (κ2) is 7.48. The molecule has 4 rings (SSSR count). The molecular formula is C18H20N4O6S. The summed E-state index contributed by atoms with van der Waals surface area (Å²) in [5.41, 5.74) is 0.764. The molecule has 3 heterocycles. The number of ether oxygens (including phenoxy) is 2. The molecule has 1 atom stereocenters. The van der Waals surface area contributed by atoms with Crippen LogP contribution in [0.3, 0.4) is 0 Å². The summed E-state index contributed by atoms with van der Waals surface area (Å²) in [5.74, 6) is 0.0608. The second-order valence-corrected chi connectivity index (χ2v) is 8.64. The summed E-state index contributed by atoms with van der Waals surface area (Å²) in [6.45, 7) is 0.567. The standard InChI is InChI=1S/C18H20N4O6S/c1-21-14-8-13(5-6-15(14)28-18(21)23)29(24,25)22-7-3-4-12(11-22)27-17-10-19-9-16(20-17)26-2/h5-6,8-10,12H,3-4,7,11H2,1-2H3. The van der Waals surface area contributed by atoms with E-state index in [0.717, 1.165) is 0 Å². The van der Waals surface area contributed by atoms with Crippen molar-refractivity contribution in [1.29, 1.82) is 0 Å². The van der Waals surface area contributed by atoms with Crippen molar-refractivity contribution in [2.45, 2.75) is 23.8 Å². The summed E-state index contributed by atoms with van der Waals surface area (Å²) in [5, 5.41) is 0. The van der Waals surface area contributed by atoms with Gasteiger partial charge in [-0.1, -0.05) is 0 Å². The lowest BCUT2D eigenvalue weighted by Gasteiger charge is -2.31. The molecule has 0 amide bonds. The molecule has 29 heavy (non-hydrogen) atoms. The van der Waals surface area contributed by atoms with Crippen LogP contribution < -0.4 is 15.2 Å². The fraction of sp³-hybridized carbons (Fsp3) is 0.389. The Labute approximate surface area is 166 Å². The van der Waals surface area contributed by atoms with Crippen molar-refractivity contribution in [3.05, 3.63) is 41.1 Å². The highest BCUT2D eigenvalue weighted by Crippen LogP contribution is 2.25. The van der Waals surface area contributed by atoms with Gasteiger partial charge in [0, 0.05) is 13.6 Å². The van der Waals surface area contributed by atoms with Crippen LogP contribution in [0.5, 0.6) is 11.8 Å². The molecule has 0 bridgehead atoms. The molecule has 0 N–H and O–H groups in total. The minimum absolute atomic E-state index is 0.100. The normalized spacial score (nSPS) is 18.1. The van der Waals surface area contributed by atoms with Gasteiger partial charge < -0.3 is 13.9 Å². The monoisotopic (exact) mass is 420 g/mol. The first-order valence-corrected chi connectivity index (χ1v) is 10.4. The Morgan fingerprint density at radius 3 is 2.83 bits per heavy atom. The minimum atomic E-state index is -3.76. The average molecular weight is 420 g/mol. The van der Waals surface area contributed by atoms with E-state index in [2.05, 4.69) is 9.97 Å². The van der Waals surface area contributed by atoms with Crippen molar-refractivity contribution in [1.82, 2.24) is 18.8 Å². The largest absolute Gasteiger partial charge is 0.480 e. The van der Waals surface area contributed by atoms with Crippen LogP contribution in [-0.2, 0) is 17.1 Å². The van der Waals surface area contributed by atoms with Crippen molar-refractivity contribution in [2.75, 3.05) is 20.2 Å². The van der Waals surface area contributed by atoms with E-state index in [1.807, 2.05) is 0 Å². The molecule has 1 aliphatic heterocycles. The lowest BCUT2D eigenvalue weighted by atomic mass is 10.1. The van der Waals surface area contributed by atoms with Crippen LogP contribution in [-0.4, -0.2) is 53.6 Å². The summed E-state index contributed by atoms with van der Waals surface area (Å²) in [7, 11) is -0.750. The maximum atomic E-state index is 13.2. The van der Waals surface area contributed by atoms with Crippen LogP contribution in [0.4, 0.5) is 0 Å². The number of rotatable bonds is 5. The molecule has 1 saturated heterocycles. The molecule has 1 unspecified atom stereocenters. The van der Waals surface area contributed by atoms with E-state index in [0.29, 0.717) is 36.4 Å². The van der Waals surface area contributed by atoms with Crippen molar-refractivity contribution in [3.8, 4) is 11.8 Å². The van der Waals surface area contributed by atoms with Gasteiger partial charge in [-0.15, -0.1) is 0 Å². The molecular weight excluding hydrogens is 400 g/mol. The van der Waals surface area contributed by atoms with E-state index in [1.54, 1.807) is 0 Å². The van der Waals surface area contributed by atoms with Crippen LogP contribution in [0.25, 0.3) is 11.1 Å².